The third-order valence-electron chi connectivity index (χ3n) is 2.85. The van der Waals surface area contributed by atoms with Gasteiger partial charge in [-0.1, -0.05) is 12.1 Å². The van der Waals surface area contributed by atoms with Gasteiger partial charge in [-0.3, -0.25) is 4.79 Å². The number of nitrogens with zero attached hydrogens (tertiary/aromatic N) is 1. The molecule has 106 valence electrons. The molecule has 0 saturated carbocycles. The molecule has 0 bridgehead atoms. The zero-order chi connectivity index (χ0) is 14.1. The van der Waals surface area contributed by atoms with Crippen LogP contribution in [-0.4, -0.2) is 51.3 Å². The van der Waals surface area contributed by atoms with Crippen molar-refractivity contribution in [3.05, 3.63) is 35.4 Å². The minimum atomic E-state index is -0.0160. The number of amides is 1. The molecular formula is C14H22N2O3. The second-order valence-electron chi connectivity index (χ2n) is 4.18. The highest BCUT2D eigenvalue weighted by molar-refractivity contribution is 5.94. The van der Waals surface area contributed by atoms with Gasteiger partial charge in [0, 0.05) is 39.4 Å². The molecule has 5 heteroatoms. The predicted molar refractivity (Wildman–Crippen MR) is 74.0 cm³/mol. The van der Waals surface area contributed by atoms with Crippen LogP contribution < -0.4 is 5.73 Å². The van der Waals surface area contributed by atoms with E-state index in [2.05, 4.69) is 0 Å². The van der Waals surface area contributed by atoms with Crippen LogP contribution >= 0.6 is 0 Å². The molecule has 5 nitrogen and oxygen atoms in total. The number of carbonyl (C=O) groups excluding carboxylic acids is 1. The van der Waals surface area contributed by atoms with Crippen molar-refractivity contribution in [3.8, 4) is 0 Å². The molecule has 19 heavy (non-hydrogen) atoms. The highest BCUT2D eigenvalue weighted by Crippen LogP contribution is 2.07. The van der Waals surface area contributed by atoms with E-state index in [4.69, 9.17) is 15.2 Å². The number of hydrogen-bond donors (Lipinski definition) is 1. The molecule has 0 aliphatic rings. The normalized spacial score (nSPS) is 10.5. The Bertz CT molecular complexity index is 371. The van der Waals surface area contributed by atoms with Crippen molar-refractivity contribution in [2.24, 2.45) is 5.73 Å². The summed E-state index contributed by atoms with van der Waals surface area (Å²) in [6.07, 6.45) is 0. The summed E-state index contributed by atoms with van der Waals surface area (Å²) in [7, 11) is 3.24. The Morgan fingerprint density at radius 2 is 1.63 bits per heavy atom. The van der Waals surface area contributed by atoms with E-state index in [-0.39, 0.29) is 5.91 Å². The van der Waals surface area contributed by atoms with Crippen LogP contribution in [0.4, 0.5) is 0 Å². The first kappa shape index (κ1) is 15.6. The van der Waals surface area contributed by atoms with Gasteiger partial charge in [0.2, 0.25) is 0 Å². The van der Waals surface area contributed by atoms with Crippen molar-refractivity contribution in [3.63, 3.8) is 0 Å². The minimum Gasteiger partial charge on any atom is -0.383 e. The van der Waals surface area contributed by atoms with E-state index in [1.807, 2.05) is 12.1 Å². The molecule has 0 heterocycles. The van der Waals surface area contributed by atoms with Crippen LogP contribution in [-0.2, 0) is 16.0 Å². The smallest absolute Gasteiger partial charge is 0.254 e. The highest BCUT2D eigenvalue weighted by Gasteiger charge is 2.15. The zero-order valence-corrected chi connectivity index (χ0v) is 11.6. The van der Waals surface area contributed by atoms with Crippen molar-refractivity contribution < 1.29 is 14.3 Å². The molecule has 1 rings (SSSR count). The van der Waals surface area contributed by atoms with E-state index in [0.29, 0.717) is 38.4 Å². The molecule has 0 saturated heterocycles. The number of rotatable bonds is 8. The average molecular weight is 266 g/mol. The van der Waals surface area contributed by atoms with Gasteiger partial charge in [0.15, 0.2) is 0 Å². The molecule has 0 aliphatic carbocycles. The second-order valence-corrected chi connectivity index (χ2v) is 4.18. The number of hydrogen-bond acceptors (Lipinski definition) is 4. The number of benzene rings is 1. The van der Waals surface area contributed by atoms with Crippen LogP contribution in [0.3, 0.4) is 0 Å². The fourth-order valence-corrected chi connectivity index (χ4v) is 1.68. The lowest BCUT2D eigenvalue weighted by atomic mass is 10.1. The molecule has 0 aromatic heterocycles. The molecule has 1 aromatic carbocycles. The molecule has 0 fully saturated rings. The summed E-state index contributed by atoms with van der Waals surface area (Å²) in [4.78, 5) is 14.1. The lowest BCUT2D eigenvalue weighted by Gasteiger charge is -2.22. The molecular weight excluding hydrogens is 244 g/mol. The predicted octanol–water partition coefficient (Wildman–Crippen LogP) is 0.880. The summed E-state index contributed by atoms with van der Waals surface area (Å²) in [5.74, 6) is -0.0160. The topological polar surface area (TPSA) is 64.8 Å². The number of methoxy groups -OCH3 is 2. The van der Waals surface area contributed by atoms with Crippen molar-refractivity contribution >= 4 is 5.91 Å². The first-order valence-electron chi connectivity index (χ1n) is 6.29. The molecule has 1 aromatic rings. The van der Waals surface area contributed by atoms with Gasteiger partial charge in [-0.05, 0) is 17.7 Å². The maximum atomic E-state index is 12.3. The largest absolute Gasteiger partial charge is 0.383 e. The third kappa shape index (κ3) is 4.98. The van der Waals surface area contributed by atoms with Crippen molar-refractivity contribution in [1.29, 1.82) is 0 Å². The van der Waals surface area contributed by atoms with E-state index in [9.17, 15) is 4.79 Å². The maximum absolute atomic E-state index is 12.3. The Morgan fingerprint density at radius 1 is 1.11 bits per heavy atom. The van der Waals surface area contributed by atoms with Gasteiger partial charge in [-0.25, -0.2) is 0 Å². The second kappa shape index (κ2) is 8.63. The monoisotopic (exact) mass is 266 g/mol. The molecule has 0 spiro atoms. The summed E-state index contributed by atoms with van der Waals surface area (Å²) in [5, 5.41) is 0. The van der Waals surface area contributed by atoms with Gasteiger partial charge < -0.3 is 20.1 Å². The molecule has 0 unspecified atom stereocenters. The first-order chi connectivity index (χ1) is 9.22. The van der Waals surface area contributed by atoms with Crippen LogP contribution in [0, 0.1) is 0 Å². The lowest BCUT2D eigenvalue weighted by molar-refractivity contribution is 0.0627. The third-order valence-corrected chi connectivity index (χ3v) is 2.85. The summed E-state index contributed by atoms with van der Waals surface area (Å²) < 4.78 is 10.0. The number of carbonyl (C=O) groups is 1. The van der Waals surface area contributed by atoms with E-state index in [0.717, 1.165) is 5.56 Å². The van der Waals surface area contributed by atoms with Crippen molar-refractivity contribution in [2.75, 3.05) is 40.5 Å². The van der Waals surface area contributed by atoms with Crippen LogP contribution in [0.1, 0.15) is 15.9 Å². The van der Waals surface area contributed by atoms with Gasteiger partial charge in [0.25, 0.3) is 5.91 Å². The van der Waals surface area contributed by atoms with E-state index < -0.39 is 0 Å². The molecule has 1 amide bonds. The summed E-state index contributed by atoms with van der Waals surface area (Å²) in [5.41, 5.74) is 7.21. The van der Waals surface area contributed by atoms with Crippen LogP contribution in [0.15, 0.2) is 24.3 Å². The maximum Gasteiger partial charge on any atom is 0.254 e. The minimum absolute atomic E-state index is 0.0160. The fraction of sp³-hybridized carbons (Fsp3) is 0.500. The Balaban J connectivity index is 2.72. The summed E-state index contributed by atoms with van der Waals surface area (Å²) >= 11 is 0. The summed E-state index contributed by atoms with van der Waals surface area (Å²) in [6.45, 7) is 2.60. The van der Waals surface area contributed by atoms with Crippen LogP contribution in [0.25, 0.3) is 0 Å². The Hall–Kier alpha value is -1.43. The van der Waals surface area contributed by atoms with E-state index in [1.165, 1.54) is 0 Å². The van der Waals surface area contributed by atoms with E-state index >= 15 is 0 Å². The SMILES string of the molecule is COCCN(CCOC)C(=O)c1ccc(CN)cc1. The highest BCUT2D eigenvalue weighted by atomic mass is 16.5. The van der Waals surface area contributed by atoms with Crippen molar-refractivity contribution in [1.82, 2.24) is 4.90 Å². The van der Waals surface area contributed by atoms with Gasteiger partial charge in [-0.2, -0.15) is 0 Å². The average Bonchev–Trinajstić information content (AvgIpc) is 2.47. The van der Waals surface area contributed by atoms with Gasteiger partial charge >= 0.3 is 0 Å². The zero-order valence-electron chi connectivity index (χ0n) is 11.6. The molecule has 0 radical (unpaired) electrons. The van der Waals surface area contributed by atoms with E-state index in [1.54, 1.807) is 31.3 Å². The number of ether oxygens (including phenoxy) is 2. The molecule has 2 N–H and O–H groups in total. The lowest BCUT2D eigenvalue weighted by Crippen LogP contribution is -2.36. The first-order valence-corrected chi connectivity index (χ1v) is 6.29. The van der Waals surface area contributed by atoms with Crippen LogP contribution in [0.2, 0.25) is 0 Å². The Labute approximate surface area is 114 Å². The van der Waals surface area contributed by atoms with Gasteiger partial charge in [0.1, 0.15) is 0 Å². The molecule has 0 aliphatic heterocycles. The van der Waals surface area contributed by atoms with Gasteiger partial charge in [-0.15, -0.1) is 0 Å². The van der Waals surface area contributed by atoms with Crippen molar-refractivity contribution in [2.45, 2.75) is 6.54 Å². The Kier molecular flexibility index (Phi) is 7.10. The summed E-state index contributed by atoms with van der Waals surface area (Å²) in [6, 6.07) is 7.35. The standard InChI is InChI=1S/C14H22N2O3/c1-18-9-7-16(8-10-19-2)14(17)13-5-3-12(11-15)4-6-13/h3-6H,7-11,15H2,1-2H3. The fourth-order valence-electron chi connectivity index (χ4n) is 1.68. The van der Waals surface area contributed by atoms with Gasteiger partial charge in [0.05, 0.1) is 13.2 Å². The Morgan fingerprint density at radius 3 is 2.05 bits per heavy atom. The quantitative estimate of drug-likeness (QED) is 0.758. The molecule has 0 atom stereocenters. The number of nitrogens with two attached hydrogens (primary N) is 1. The van der Waals surface area contributed by atoms with Crippen LogP contribution in [0.5, 0.6) is 0 Å².